The van der Waals surface area contributed by atoms with Gasteiger partial charge in [-0.15, -0.1) is 0 Å². The number of hydrogen-bond donors (Lipinski definition) is 5. The number of fused-ring (bicyclic) bond motifs is 1. The highest BCUT2D eigenvalue weighted by atomic mass is 16.2. The van der Waals surface area contributed by atoms with Crippen LogP contribution in [-0.4, -0.2) is 90.1 Å². The molecule has 6 atom stereocenters. The van der Waals surface area contributed by atoms with Gasteiger partial charge in [-0.25, -0.2) is 0 Å². The molecule has 296 valence electrons. The van der Waals surface area contributed by atoms with Gasteiger partial charge in [-0.1, -0.05) is 73.6 Å². The van der Waals surface area contributed by atoms with Gasteiger partial charge in [-0.3, -0.25) is 28.8 Å². The number of nitrogens with one attached hydrogen (secondary N) is 5. The maximum absolute atomic E-state index is 15.0. The van der Waals surface area contributed by atoms with Crippen molar-refractivity contribution in [3.63, 3.8) is 0 Å². The standard InChI is InChI=1S/C41H66N6O6/c1-7-13-28(31(48)36(52)43-27-17-18-27)44-34(50)29-22-41(39(5,6)40(41)19-12-20-40)24-47(29)37(53)32(38(2,3)4)46-35(51)30(25-14-9-8-10-15-25)45-33(49)26-16-11-21-42-23-26/h25-30,32,42H,7-24H2,1-6H3,(H,43,52)(H,44,50)(H,45,49)(H,46,51)/t26-,28+,29+,30+,32-,41-/m1/s1. The lowest BCUT2D eigenvalue weighted by Gasteiger charge is -2.38. The molecule has 12 heteroatoms. The summed E-state index contributed by atoms with van der Waals surface area (Å²) in [5, 5.41) is 15.3. The molecule has 6 rings (SSSR count). The third-order valence-electron chi connectivity index (χ3n) is 14.5. The quantitative estimate of drug-likeness (QED) is 0.181. The molecule has 0 radical (unpaired) electrons. The summed E-state index contributed by atoms with van der Waals surface area (Å²) < 4.78 is 0. The summed E-state index contributed by atoms with van der Waals surface area (Å²) in [4.78, 5) is 85.2. The third-order valence-corrected chi connectivity index (χ3v) is 14.5. The monoisotopic (exact) mass is 739 g/mol. The van der Waals surface area contributed by atoms with E-state index in [1.54, 1.807) is 4.90 Å². The fourth-order valence-electron chi connectivity index (χ4n) is 10.8. The van der Waals surface area contributed by atoms with E-state index in [2.05, 4.69) is 40.4 Å². The van der Waals surface area contributed by atoms with Gasteiger partial charge in [0, 0.05) is 24.5 Å². The second-order valence-corrected chi connectivity index (χ2v) is 19.0. The average Bonchev–Trinajstić information content (AvgIpc) is 3.94. The first kappa shape index (κ1) is 39.7. The van der Waals surface area contributed by atoms with Crippen molar-refractivity contribution in [3.8, 4) is 0 Å². The highest BCUT2D eigenvalue weighted by molar-refractivity contribution is 6.38. The second kappa shape index (κ2) is 15.3. The van der Waals surface area contributed by atoms with Gasteiger partial charge in [-0.05, 0) is 92.9 Å². The Labute approximate surface area is 316 Å². The number of hydrogen-bond acceptors (Lipinski definition) is 7. The lowest BCUT2D eigenvalue weighted by atomic mass is 9.73. The van der Waals surface area contributed by atoms with Crippen LogP contribution in [0.3, 0.4) is 0 Å². The number of amides is 5. The first-order chi connectivity index (χ1) is 25.1. The summed E-state index contributed by atoms with van der Waals surface area (Å²) >= 11 is 0. The van der Waals surface area contributed by atoms with E-state index in [1.165, 1.54) is 0 Å². The summed E-state index contributed by atoms with van der Waals surface area (Å²) in [5.41, 5.74) is -1.02. The molecule has 6 aliphatic rings. The molecule has 5 N–H and O–H groups in total. The summed E-state index contributed by atoms with van der Waals surface area (Å²) in [6.07, 6.45) is 12.7. The minimum atomic E-state index is -0.984. The summed E-state index contributed by atoms with van der Waals surface area (Å²) in [5.74, 6) is -2.77. The van der Waals surface area contributed by atoms with Crippen molar-refractivity contribution in [3.05, 3.63) is 0 Å². The van der Waals surface area contributed by atoms with Gasteiger partial charge in [-0.2, -0.15) is 0 Å². The van der Waals surface area contributed by atoms with Crippen LogP contribution in [-0.2, 0) is 28.8 Å². The zero-order valence-electron chi connectivity index (χ0n) is 33.2. The lowest BCUT2D eigenvalue weighted by Crippen LogP contribution is -2.62. The molecule has 4 aliphatic carbocycles. The third kappa shape index (κ3) is 7.51. The number of carbonyl (C=O) groups is 6. The van der Waals surface area contributed by atoms with Crippen molar-refractivity contribution in [2.45, 2.75) is 168 Å². The SMILES string of the molecule is CCC[C@H](NC(=O)[C@@H]1C[C@@]2(CN1C(=O)[C@@H](NC(=O)[C@@H](NC(=O)[C@@H]1CCCNC1)C1CCCCC1)C(C)(C)C)C(C)(C)C21CCC1)C(=O)C(=O)NC1CC1. The predicted molar refractivity (Wildman–Crippen MR) is 201 cm³/mol. The minimum absolute atomic E-state index is 0.0165. The molecule has 0 bridgehead atoms. The Morgan fingerprint density at radius 2 is 1.53 bits per heavy atom. The summed E-state index contributed by atoms with van der Waals surface area (Å²) in [7, 11) is 0. The van der Waals surface area contributed by atoms with Crippen LogP contribution in [0.25, 0.3) is 0 Å². The van der Waals surface area contributed by atoms with E-state index in [0.717, 1.165) is 83.6 Å². The lowest BCUT2D eigenvalue weighted by molar-refractivity contribution is -0.145. The van der Waals surface area contributed by atoms with Gasteiger partial charge in [0.25, 0.3) is 5.91 Å². The van der Waals surface area contributed by atoms with Crippen molar-refractivity contribution in [1.82, 2.24) is 31.5 Å². The topological polar surface area (TPSA) is 166 Å². The van der Waals surface area contributed by atoms with Gasteiger partial charge < -0.3 is 31.5 Å². The molecule has 2 spiro atoms. The number of ketones is 1. The highest BCUT2D eigenvalue weighted by Gasteiger charge is 2.85. The zero-order chi connectivity index (χ0) is 38.3. The van der Waals surface area contributed by atoms with Crippen LogP contribution in [0.2, 0.25) is 0 Å². The van der Waals surface area contributed by atoms with E-state index >= 15 is 4.79 Å². The summed E-state index contributed by atoms with van der Waals surface area (Å²) in [6, 6.07) is -3.54. The average molecular weight is 739 g/mol. The second-order valence-electron chi connectivity index (χ2n) is 19.0. The van der Waals surface area contributed by atoms with Crippen molar-refractivity contribution in [2.75, 3.05) is 19.6 Å². The Morgan fingerprint density at radius 3 is 2.08 bits per heavy atom. The molecule has 0 aromatic carbocycles. The minimum Gasteiger partial charge on any atom is -0.347 e. The Hall–Kier alpha value is -3.02. The molecule has 2 saturated heterocycles. The number of piperidine rings is 1. The van der Waals surface area contributed by atoms with Crippen LogP contribution in [0.4, 0.5) is 0 Å². The van der Waals surface area contributed by atoms with E-state index in [-0.39, 0.29) is 51.8 Å². The van der Waals surface area contributed by atoms with E-state index in [0.29, 0.717) is 32.4 Å². The van der Waals surface area contributed by atoms with E-state index in [9.17, 15) is 24.0 Å². The van der Waals surface area contributed by atoms with Crippen molar-refractivity contribution in [1.29, 1.82) is 0 Å². The van der Waals surface area contributed by atoms with Crippen molar-refractivity contribution >= 4 is 35.3 Å². The van der Waals surface area contributed by atoms with Crippen molar-refractivity contribution < 1.29 is 28.8 Å². The first-order valence-electron chi connectivity index (χ1n) is 20.8. The molecule has 4 saturated carbocycles. The van der Waals surface area contributed by atoms with E-state index in [1.807, 2.05) is 27.7 Å². The molecule has 0 unspecified atom stereocenters. The Morgan fingerprint density at radius 1 is 0.830 bits per heavy atom. The predicted octanol–water partition coefficient (Wildman–Crippen LogP) is 3.51. The van der Waals surface area contributed by atoms with Gasteiger partial charge in [0.15, 0.2) is 0 Å². The van der Waals surface area contributed by atoms with Gasteiger partial charge in [0.1, 0.15) is 18.1 Å². The smallest absolute Gasteiger partial charge is 0.289 e. The van der Waals surface area contributed by atoms with Gasteiger partial charge in [0.05, 0.1) is 12.0 Å². The van der Waals surface area contributed by atoms with Crippen LogP contribution in [0.15, 0.2) is 0 Å². The van der Waals surface area contributed by atoms with Gasteiger partial charge in [0.2, 0.25) is 29.4 Å². The van der Waals surface area contributed by atoms with Crippen LogP contribution in [0, 0.1) is 33.5 Å². The molecule has 6 fully saturated rings. The first-order valence-corrected chi connectivity index (χ1v) is 20.8. The normalized spacial score (nSPS) is 29.4. The molecular weight excluding hydrogens is 672 g/mol. The molecule has 2 aliphatic heterocycles. The largest absolute Gasteiger partial charge is 0.347 e. The Bertz CT molecular complexity index is 1440. The number of likely N-dealkylation sites (tertiary alicyclic amines) is 1. The fourth-order valence-corrected chi connectivity index (χ4v) is 10.8. The fraction of sp³-hybridized carbons (Fsp3) is 0.854. The Kier molecular flexibility index (Phi) is 11.4. The molecule has 0 aromatic rings. The number of carbonyl (C=O) groups excluding carboxylic acids is 6. The zero-order valence-corrected chi connectivity index (χ0v) is 33.2. The molecular formula is C41H66N6O6. The molecule has 5 amide bonds. The highest BCUT2D eigenvalue weighted by Crippen LogP contribution is 2.88. The number of nitrogens with zero attached hydrogens (tertiary/aromatic N) is 1. The maximum atomic E-state index is 15.0. The number of rotatable bonds is 13. The molecule has 12 nitrogen and oxygen atoms in total. The number of Topliss-reactive ketones (excluding diaryl/α,β-unsaturated/α-hetero) is 1. The van der Waals surface area contributed by atoms with E-state index < -0.39 is 47.2 Å². The Balaban J connectivity index is 1.25. The van der Waals surface area contributed by atoms with E-state index in [4.69, 9.17) is 0 Å². The van der Waals surface area contributed by atoms with Crippen LogP contribution in [0.1, 0.15) is 138 Å². The maximum Gasteiger partial charge on any atom is 0.289 e. The van der Waals surface area contributed by atoms with Crippen LogP contribution < -0.4 is 26.6 Å². The molecule has 53 heavy (non-hydrogen) atoms. The molecule has 0 aromatic heterocycles. The molecule has 2 heterocycles. The van der Waals surface area contributed by atoms with Crippen molar-refractivity contribution in [2.24, 2.45) is 33.5 Å². The van der Waals surface area contributed by atoms with Crippen LogP contribution in [0.5, 0.6) is 0 Å². The van der Waals surface area contributed by atoms with Gasteiger partial charge >= 0.3 is 0 Å². The summed E-state index contributed by atoms with van der Waals surface area (Å²) in [6.45, 7) is 14.0. The van der Waals surface area contributed by atoms with Crippen LogP contribution >= 0.6 is 0 Å².